The van der Waals surface area contributed by atoms with Gasteiger partial charge >= 0.3 is 0 Å². The van der Waals surface area contributed by atoms with Crippen molar-refractivity contribution >= 4 is 11.6 Å². The molecular weight excluding hydrogens is 262 g/mol. The van der Waals surface area contributed by atoms with Gasteiger partial charge in [-0.3, -0.25) is 4.68 Å². The number of halogens is 1. The molecular formula is C14H18ClN3O. The maximum Gasteiger partial charge on any atom is 0.121 e. The number of phenols is 1. The van der Waals surface area contributed by atoms with Crippen molar-refractivity contribution in [3.05, 3.63) is 46.2 Å². The number of rotatable bonds is 5. The summed E-state index contributed by atoms with van der Waals surface area (Å²) in [4.78, 5) is 0. The van der Waals surface area contributed by atoms with Crippen LogP contribution in [0.15, 0.2) is 24.4 Å². The second-order valence-electron chi connectivity index (χ2n) is 4.47. The van der Waals surface area contributed by atoms with E-state index in [-0.39, 0.29) is 5.75 Å². The van der Waals surface area contributed by atoms with Crippen LogP contribution in [-0.4, -0.2) is 14.9 Å². The fourth-order valence-corrected chi connectivity index (χ4v) is 2.31. The Morgan fingerprint density at radius 1 is 1.37 bits per heavy atom. The largest absolute Gasteiger partial charge is 0.508 e. The van der Waals surface area contributed by atoms with Crippen LogP contribution in [0.25, 0.3) is 0 Å². The van der Waals surface area contributed by atoms with Crippen LogP contribution in [0.4, 0.5) is 0 Å². The van der Waals surface area contributed by atoms with Crippen LogP contribution in [0.3, 0.4) is 0 Å². The molecule has 0 fully saturated rings. The molecule has 2 aromatic rings. The summed E-state index contributed by atoms with van der Waals surface area (Å²) in [5.74, 6) is 0.224. The van der Waals surface area contributed by atoms with Crippen LogP contribution in [0, 0.1) is 0 Å². The molecule has 0 amide bonds. The molecule has 4 nitrogen and oxygen atoms in total. The van der Waals surface area contributed by atoms with Gasteiger partial charge in [0.25, 0.3) is 0 Å². The van der Waals surface area contributed by atoms with E-state index in [1.54, 1.807) is 18.2 Å². The van der Waals surface area contributed by atoms with Crippen molar-refractivity contribution in [3.8, 4) is 5.75 Å². The Balaban J connectivity index is 2.00. The number of phenolic OH excluding ortho intramolecular Hbond substituents is 1. The molecule has 0 aliphatic carbocycles. The Kier molecular flexibility index (Phi) is 4.45. The van der Waals surface area contributed by atoms with Gasteiger partial charge in [-0.05, 0) is 18.6 Å². The lowest BCUT2D eigenvalue weighted by Crippen LogP contribution is -2.13. The minimum absolute atomic E-state index is 0.224. The molecule has 0 aliphatic rings. The molecule has 0 saturated heterocycles. The number of nitrogens with one attached hydrogen (secondary N) is 1. The summed E-state index contributed by atoms with van der Waals surface area (Å²) < 4.78 is 1.82. The van der Waals surface area contributed by atoms with Crippen molar-refractivity contribution in [1.82, 2.24) is 15.1 Å². The predicted molar refractivity (Wildman–Crippen MR) is 76.2 cm³/mol. The first-order chi connectivity index (χ1) is 9.11. The van der Waals surface area contributed by atoms with Gasteiger partial charge in [0.1, 0.15) is 5.75 Å². The highest BCUT2D eigenvalue weighted by Crippen LogP contribution is 2.24. The molecule has 2 N–H and O–H groups in total. The molecule has 0 atom stereocenters. The number of nitrogens with zero attached hydrogens (tertiary/aromatic N) is 2. The zero-order valence-corrected chi connectivity index (χ0v) is 11.9. The average molecular weight is 280 g/mol. The fourth-order valence-electron chi connectivity index (χ4n) is 2.07. The van der Waals surface area contributed by atoms with Crippen molar-refractivity contribution in [3.63, 3.8) is 0 Å². The van der Waals surface area contributed by atoms with Gasteiger partial charge < -0.3 is 10.4 Å². The van der Waals surface area contributed by atoms with Crippen LogP contribution < -0.4 is 5.32 Å². The van der Waals surface area contributed by atoms with Crippen LogP contribution in [0.1, 0.15) is 23.7 Å². The molecule has 5 heteroatoms. The first kappa shape index (κ1) is 13.9. The number of hydrogen-bond acceptors (Lipinski definition) is 3. The van der Waals surface area contributed by atoms with Crippen LogP contribution >= 0.6 is 11.6 Å². The van der Waals surface area contributed by atoms with Gasteiger partial charge in [0.15, 0.2) is 0 Å². The van der Waals surface area contributed by atoms with E-state index in [0.717, 1.165) is 17.7 Å². The topological polar surface area (TPSA) is 50.1 Å². The Morgan fingerprint density at radius 3 is 2.84 bits per heavy atom. The molecule has 2 rings (SSSR count). The van der Waals surface area contributed by atoms with E-state index in [9.17, 15) is 5.11 Å². The third-order valence-corrected chi connectivity index (χ3v) is 3.39. The lowest BCUT2D eigenvalue weighted by atomic mass is 10.2. The summed E-state index contributed by atoms with van der Waals surface area (Å²) in [6.45, 7) is 3.33. The standard InChI is InChI=1S/C14H18ClN3O/c1-3-13-10(9-18(2)17-13)7-16-8-11-12(15)5-4-6-14(11)19/h4-6,9,16,19H,3,7-8H2,1-2H3. The normalized spacial score (nSPS) is 10.9. The van der Waals surface area contributed by atoms with Gasteiger partial charge in [-0.15, -0.1) is 0 Å². The molecule has 1 aromatic heterocycles. The van der Waals surface area contributed by atoms with E-state index in [0.29, 0.717) is 18.1 Å². The molecule has 0 aliphatic heterocycles. The third-order valence-electron chi connectivity index (χ3n) is 3.04. The number of aromatic hydroxyl groups is 1. The summed E-state index contributed by atoms with van der Waals surface area (Å²) in [6, 6.07) is 5.15. The maximum absolute atomic E-state index is 9.75. The van der Waals surface area contributed by atoms with E-state index in [1.807, 2.05) is 17.9 Å². The monoisotopic (exact) mass is 279 g/mol. The molecule has 1 aromatic carbocycles. The van der Waals surface area contributed by atoms with Crippen LogP contribution in [0.5, 0.6) is 5.75 Å². The maximum atomic E-state index is 9.75. The van der Waals surface area contributed by atoms with Gasteiger partial charge in [0, 0.05) is 42.5 Å². The lowest BCUT2D eigenvalue weighted by molar-refractivity contribution is 0.464. The summed E-state index contributed by atoms with van der Waals surface area (Å²) in [5, 5.41) is 18.0. The molecule has 19 heavy (non-hydrogen) atoms. The predicted octanol–water partition coefficient (Wildman–Crippen LogP) is 2.63. The quantitative estimate of drug-likeness (QED) is 0.885. The van der Waals surface area contributed by atoms with E-state index >= 15 is 0 Å². The van der Waals surface area contributed by atoms with E-state index in [4.69, 9.17) is 11.6 Å². The highest BCUT2D eigenvalue weighted by Gasteiger charge is 2.08. The van der Waals surface area contributed by atoms with Crippen molar-refractivity contribution in [2.24, 2.45) is 7.05 Å². The van der Waals surface area contributed by atoms with Crippen molar-refractivity contribution in [1.29, 1.82) is 0 Å². The smallest absolute Gasteiger partial charge is 0.121 e. The molecule has 0 spiro atoms. The third kappa shape index (κ3) is 3.28. The van der Waals surface area contributed by atoms with Crippen molar-refractivity contribution in [2.45, 2.75) is 26.4 Å². The van der Waals surface area contributed by atoms with Crippen LogP contribution in [0.2, 0.25) is 5.02 Å². The highest BCUT2D eigenvalue weighted by atomic mass is 35.5. The summed E-state index contributed by atoms with van der Waals surface area (Å²) in [6.07, 6.45) is 2.92. The Labute approximate surface area is 118 Å². The van der Waals surface area contributed by atoms with Gasteiger partial charge in [-0.2, -0.15) is 5.10 Å². The van der Waals surface area contributed by atoms with Crippen molar-refractivity contribution in [2.75, 3.05) is 0 Å². The highest BCUT2D eigenvalue weighted by molar-refractivity contribution is 6.31. The number of aryl methyl sites for hydroxylation is 2. The van der Waals surface area contributed by atoms with Crippen LogP contribution in [-0.2, 0) is 26.6 Å². The van der Waals surface area contributed by atoms with E-state index in [1.165, 1.54) is 5.56 Å². The number of benzene rings is 1. The first-order valence-corrected chi connectivity index (χ1v) is 6.68. The molecule has 0 radical (unpaired) electrons. The summed E-state index contributed by atoms with van der Waals surface area (Å²) in [5.41, 5.74) is 3.00. The first-order valence-electron chi connectivity index (χ1n) is 6.30. The minimum Gasteiger partial charge on any atom is -0.508 e. The van der Waals surface area contributed by atoms with Gasteiger partial charge in [-0.1, -0.05) is 24.6 Å². The number of aromatic nitrogens is 2. The average Bonchev–Trinajstić information content (AvgIpc) is 2.73. The van der Waals surface area contributed by atoms with E-state index in [2.05, 4.69) is 17.3 Å². The number of hydrogen-bond donors (Lipinski definition) is 2. The van der Waals surface area contributed by atoms with E-state index < -0.39 is 0 Å². The Hall–Kier alpha value is -1.52. The lowest BCUT2D eigenvalue weighted by Gasteiger charge is -2.08. The minimum atomic E-state index is 0.224. The van der Waals surface area contributed by atoms with Gasteiger partial charge in [-0.25, -0.2) is 0 Å². The zero-order chi connectivity index (χ0) is 13.8. The van der Waals surface area contributed by atoms with Gasteiger partial charge in [0.05, 0.1) is 5.69 Å². The molecule has 102 valence electrons. The summed E-state index contributed by atoms with van der Waals surface area (Å²) >= 11 is 6.06. The second-order valence-corrected chi connectivity index (χ2v) is 4.88. The Bertz CT molecular complexity index is 546. The SMILES string of the molecule is CCc1nn(C)cc1CNCc1c(O)cccc1Cl. The molecule has 0 bridgehead atoms. The van der Waals surface area contributed by atoms with Crippen molar-refractivity contribution < 1.29 is 5.11 Å². The molecule has 0 saturated carbocycles. The molecule has 1 heterocycles. The Morgan fingerprint density at radius 2 is 2.16 bits per heavy atom. The molecule has 0 unspecified atom stereocenters. The van der Waals surface area contributed by atoms with Gasteiger partial charge in [0.2, 0.25) is 0 Å². The second kappa shape index (κ2) is 6.08. The zero-order valence-electron chi connectivity index (χ0n) is 11.2. The fraction of sp³-hybridized carbons (Fsp3) is 0.357. The summed E-state index contributed by atoms with van der Waals surface area (Å²) in [7, 11) is 1.92.